The Morgan fingerprint density at radius 1 is 1.44 bits per heavy atom. The summed E-state index contributed by atoms with van der Waals surface area (Å²) in [6, 6.07) is 2.81. The van der Waals surface area contributed by atoms with Gasteiger partial charge in [0.05, 0.1) is 12.7 Å². The molecule has 2 aromatic heterocycles. The van der Waals surface area contributed by atoms with Gasteiger partial charge in [-0.15, -0.1) is 11.3 Å². The van der Waals surface area contributed by atoms with E-state index in [-0.39, 0.29) is 5.82 Å². The zero-order valence-corrected chi connectivity index (χ0v) is 9.44. The van der Waals surface area contributed by atoms with E-state index in [0.717, 1.165) is 22.7 Å². The predicted octanol–water partition coefficient (Wildman–Crippen LogP) is 3.34. The lowest BCUT2D eigenvalue weighted by molar-refractivity contribution is 0.575. The molecule has 2 aromatic rings. The van der Waals surface area contributed by atoms with Crippen LogP contribution in [0.1, 0.15) is 10.4 Å². The molecule has 0 amide bonds. The molecule has 5 heteroatoms. The van der Waals surface area contributed by atoms with Crippen molar-refractivity contribution in [1.82, 2.24) is 4.98 Å². The van der Waals surface area contributed by atoms with Gasteiger partial charge in [0.25, 0.3) is 0 Å². The number of rotatable bonds is 3. The van der Waals surface area contributed by atoms with Gasteiger partial charge in [0.15, 0.2) is 11.6 Å². The molecule has 16 heavy (non-hydrogen) atoms. The van der Waals surface area contributed by atoms with Gasteiger partial charge in [-0.05, 0) is 23.9 Å². The third kappa shape index (κ3) is 2.36. The normalized spacial score (nSPS) is 10.4. The number of aryl methyl sites for hydroxylation is 1. The number of anilines is 1. The number of thiophene rings is 1. The fourth-order valence-electron chi connectivity index (χ4n) is 1.29. The molecule has 0 bridgehead atoms. The third-order valence-electron chi connectivity index (χ3n) is 2.19. The summed E-state index contributed by atoms with van der Waals surface area (Å²) in [6.07, 6.45) is 0.993. The van der Waals surface area contributed by atoms with Crippen LogP contribution in [0.15, 0.2) is 23.7 Å². The third-order valence-corrected chi connectivity index (χ3v) is 3.22. The Morgan fingerprint density at radius 2 is 2.25 bits per heavy atom. The molecule has 84 valence electrons. The summed E-state index contributed by atoms with van der Waals surface area (Å²) in [5.74, 6) is -1.27. The van der Waals surface area contributed by atoms with Crippen LogP contribution in [0.25, 0.3) is 0 Å². The van der Waals surface area contributed by atoms with Gasteiger partial charge in [-0.25, -0.2) is 13.8 Å². The summed E-state index contributed by atoms with van der Waals surface area (Å²) >= 11 is 1.59. The van der Waals surface area contributed by atoms with Crippen molar-refractivity contribution in [3.63, 3.8) is 0 Å². The van der Waals surface area contributed by atoms with E-state index < -0.39 is 11.6 Å². The van der Waals surface area contributed by atoms with Crippen molar-refractivity contribution < 1.29 is 8.78 Å². The molecule has 2 nitrogen and oxygen atoms in total. The van der Waals surface area contributed by atoms with E-state index in [2.05, 4.69) is 10.3 Å². The van der Waals surface area contributed by atoms with E-state index in [1.165, 1.54) is 0 Å². The van der Waals surface area contributed by atoms with E-state index in [4.69, 9.17) is 0 Å². The molecule has 0 radical (unpaired) electrons. The van der Waals surface area contributed by atoms with Crippen LogP contribution in [0, 0.1) is 18.6 Å². The first-order valence-corrected chi connectivity index (χ1v) is 5.62. The van der Waals surface area contributed by atoms with Crippen LogP contribution < -0.4 is 5.32 Å². The first-order chi connectivity index (χ1) is 7.66. The van der Waals surface area contributed by atoms with Crippen LogP contribution in [0.5, 0.6) is 0 Å². The molecule has 0 saturated heterocycles. The van der Waals surface area contributed by atoms with E-state index in [1.807, 2.05) is 18.4 Å². The molecule has 0 aromatic carbocycles. The van der Waals surface area contributed by atoms with Crippen molar-refractivity contribution in [1.29, 1.82) is 0 Å². The number of aromatic nitrogens is 1. The van der Waals surface area contributed by atoms with E-state index in [1.54, 1.807) is 11.3 Å². The van der Waals surface area contributed by atoms with E-state index in [9.17, 15) is 8.78 Å². The minimum atomic E-state index is -0.672. The molecule has 0 unspecified atom stereocenters. The summed E-state index contributed by atoms with van der Waals surface area (Å²) in [5.41, 5.74) is 1.15. The highest BCUT2D eigenvalue weighted by atomic mass is 32.1. The van der Waals surface area contributed by atoms with Gasteiger partial charge < -0.3 is 5.32 Å². The Labute approximate surface area is 96.0 Å². The summed E-state index contributed by atoms with van der Waals surface area (Å²) < 4.78 is 25.8. The number of halogens is 2. The highest BCUT2D eigenvalue weighted by Crippen LogP contribution is 2.18. The van der Waals surface area contributed by atoms with E-state index in [0.29, 0.717) is 6.54 Å². The number of pyridine rings is 1. The fourth-order valence-corrected chi connectivity index (χ4v) is 2.14. The molecule has 1 N–H and O–H groups in total. The molecule has 0 spiro atoms. The first kappa shape index (κ1) is 11.0. The van der Waals surface area contributed by atoms with Gasteiger partial charge in [-0.2, -0.15) is 0 Å². The largest absolute Gasteiger partial charge is 0.363 e. The van der Waals surface area contributed by atoms with Crippen LogP contribution in [0.4, 0.5) is 14.6 Å². The molecule has 0 saturated carbocycles. The number of nitrogens with one attached hydrogen (secondary N) is 1. The van der Waals surface area contributed by atoms with Gasteiger partial charge in [0, 0.05) is 10.9 Å². The second-order valence-corrected chi connectivity index (χ2v) is 4.36. The second-order valence-electron chi connectivity index (χ2n) is 3.36. The first-order valence-electron chi connectivity index (χ1n) is 4.74. The van der Waals surface area contributed by atoms with Crippen molar-refractivity contribution >= 4 is 17.2 Å². The van der Waals surface area contributed by atoms with Crippen LogP contribution in [-0.4, -0.2) is 4.98 Å². The highest BCUT2D eigenvalue weighted by molar-refractivity contribution is 7.10. The van der Waals surface area contributed by atoms with Gasteiger partial charge in [-0.3, -0.25) is 0 Å². The molecule has 0 aliphatic rings. The van der Waals surface area contributed by atoms with Crippen molar-refractivity contribution in [2.75, 3.05) is 5.32 Å². The van der Waals surface area contributed by atoms with Crippen LogP contribution >= 0.6 is 11.3 Å². The van der Waals surface area contributed by atoms with Gasteiger partial charge in [0.1, 0.15) is 5.82 Å². The minimum Gasteiger partial charge on any atom is -0.363 e. The summed E-state index contributed by atoms with van der Waals surface area (Å²) in [6.45, 7) is 2.49. The van der Waals surface area contributed by atoms with Crippen molar-refractivity contribution in [3.8, 4) is 0 Å². The molecule has 0 atom stereocenters. The lowest BCUT2D eigenvalue weighted by atomic mass is 10.3. The smallest absolute Gasteiger partial charge is 0.168 e. The van der Waals surface area contributed by atoms with Crippen LogP contribution in [0.3, 0.4) is 0 Å². The Kier molecular flexibility index (Phi) is 3.14. The summed E-state index contributed by atoms with van der Waals surface area (Å²) in [4.78, 5) is 4.77. The van der Waals surface area contributed by atoms with Crippen molar-refractivity contribution in [3.05, 3.63) is 45.8 Å². The SMILES string of the molecule is Cc1ccsc1CNc1ncc(F)cc1F. The average Bonchev–Trinajstić information content (AvgIpc) is 2.63. The molecular weight excluding hydrogens is 230 g/mol. The Balaban J connectivity index is 2.08. The molecule has 0 fully saturated rings. The number of hydrogen-bond donors (Lipinski definition) is 1. The molecule has 2 heterocycles. The van der Waals surface area contributed by atoms with Crippen molar-refractivity contribution in [2.24, 2.45) is 0 Å². The number of hydrogen-bond acceptors (Lipinski definition) is 3. The van der Waals surface area contributed by atoms with Crippen LogP contribution in [-0.2, 0) is 6.54 Å². The lowest BCUT2D eigenvalue weighted by Gasteiger charge is -2.05. The zero-order valence-electron chi connectivity index (χ0n) is 8.63. The molecule has 0 aliphatic heterocycles. The summed E-state index contributed by atoms with van der Waals surface area (Å²) in [7, 11) is 0. The average molecular weight is 240 g/mol. The predicted molar refractivity (Wildman–Crippen MR) is 60.5 cm³/mol. The molecule has 0 aliphatic carbocycles. The fraction of sp³-hybridized carbons (Fsp3) is 0.182. The second kappa shape index (κ2) is 4.57. The summed E-state index contributed by atoms with van der Waals surface area (Å²) in [5, 5.41) is 4.81. The van der Waals surface area contributed by atoms with Gasteiger partial charge >= 0.3 is 0 Å². The maximum absolute atomic E-state index is 13.2. The quantitative estimate of drug-likeness (QED) is 0.890. The van der Waals surface area contributed by atoms with Crippen molar-refractivity contribution in [2.45, 2.75) is 13.5 Å². The molecule has 2 rings (SSSR count). The molecular formula is C11H10F2N2S. The topological polar surface area (TPSA) is 24.9 Å². The standard InChI is InChI=1S/C11H10F2N2S/c1-7-2-3-16-10(7)6-15-11-9(13)4-8(12)5-14-11/h2-5H,6H2,1H3,(H,14,15). The number of nitrogens with zero attached hydrogens (tertiary/aromatic N) is 1. The highest BCUT2D eigenvalue weighted by Gasteiger charge is 2.06. The maximum Gasteiger partial charge on any atom is 0.168 e. The minimum absolute atomic E-state index is 0.0780. The Bertz CT molecular complexity index is 496. The van der Waals surface area contributed by atoms with Gasteiger partial charge in [-0.1, -0.05) is 0 Å². The Hall–Kier alpha value is -1.49. The van der Waals surface area contributed by atoms with E-state index >= 15 is 0 Å². The Morgan fingerprint density at radius 3 is 2.88 bits per heavy atom. The maximum atomic E-state index is 13.2. The van der Waals surface area contributed by atoms with Gasteiger partial charge in [0.2, 0.25) is 0 Å². The van der Waals surface area contributed by atoms with Crippen LogP contribution in [0.2, 0.25) is 0 Å². The lowest BCUT2D eigenvalue weighted by Crippen LogP contribution is -2.03. The monoisotopic (exact) mass is 240 g/mol. The zero-order chi connectivity index (χ0) is 11.5.